The van der Waals surface area contributed by atoms with Crippen molar-refractivity contribution in [3.8, 4) is 0 Å². The maximum absolute atomic E-state index is 13.7. The summed E-state index contributed by atoms with van der Waals surface area (Å²) in [7, 11) is 1.38. The van der Waals surface area contributed by atoms with Crippen LogP contribution in [0, 0.1) is 18.7 Å². The molecule has 0 spiro atoms. The van der Waals surface area contributed by atoms with Crippen LogP contribution in [0.25, 0.3) is 11.0 Å². The molecule has 3 heterocycles. The molecule has 0 bridgehead atoms. The molecule has 0 radical (unpaired) electrons. The third-order valence-electron chi connectivity index (χ3n) is 6.55. The number of esters is 1. The van der Waals surface area contributed by atoms with Gasteiger partial charge in [-0.15, -0.1) is 0 Å². The summed E-state index contributed by atoms with van der Waals surface area (Å²) in [5.41, 5.74) is 4.91. The molecule has 0 aliphatic carbocycles. The predicted octanol–water partition coefficient (Wildman–Crippen LogP) is 5.05. The lowest BCUT2D eigenvalue weighted by atomic mass is 10.0. The lowest BCUT2D eigenvalue weighted by molar-refractivity contribution is -0.145. The molecule has 180 valence electrons. The molecule has 0 saturated heterocycles. The van der Waals surface area contributed by atoms with Gasteiger partial charge in [-0.1, -0.05) is 24.6 Å². The predicted molar refractivity (Wildman–Crippen MR) is 129 cm³/mol. The Balaban J connectivity index is 1.57. The number of amides is 1. The summed E-state index contributed by atoms with van der Waals surface area (Å²) in [6, 6.07) is 8.83. The van der Waals surface area contributed by atoms with Gasteiger partial charge in [0, 0.05) is 36.3 Å². The SMILES string of the molecule is COC(=O)C(C)CCCC(=O)N1CCc2c(n(Cc3ccc(F)c(Cl)c3)c3nc(C)ccc23)C1. The molecule has 4 rings (SSSR count). The fraction of sp³-hybridized carbons (Fsp3) is 0.423. The molecule has 0 fully saturated rings. The van der Waals surface area contributed by atoms with E-state index < -0.39 is 5.82 Å². The van der Waals surface area contributed by atoms with Crippen molar-refractivity contribution in [1.29, 1.82) is 0 Å². The van der Waals surface area contributed by atoms with Gasteiger partial charge in [-0.3, -0.25) is 9.59 Å². The van der Waals surface area contributed by atoms with E-state index >= 15 is 0 Å². The summed E-state index contributed by atoms with van der Waals surface area (Å²) in [5, 5.41) is 1.18. The average Bonchev–Trinajstić information content (AvgIpc) is 3.12. The average molecular weight is 486 g/mol. The number of nitrogens with zero attached hydrogens (tertiary/aromatic N) is 3. The zero-order chi connectivity index (χ0) is 24.4. The number of rotatable bonds is 7. The highest BCUT2D eigenvalue weighted by atomic mass is 35.5. The molecule has 34 heavy (non-hydrogen) atoms. The Morgan fingerprint density at radius 1 is 1.26 bits per heavy atom. The van der Waals surface area contributed by atoms with Gasteiger partial charge in [0.05, 0.1) is 24.6 Å². The number of fused-ring (bicyclic) bond motifs is 3. The normalized spacial score (nSPS) is 14.2. The van der Waals surface area contributed by atoms with Crippen molar-refractivity contribution in [2.24, 2.45) is 5.92 Å². The number of hydrogen-bond donors (Lipinski definition) is 0. The first-order valence-electron chi connectivity index (χ1n) is 11.6. The van der Waals surface area contributed by atoms with E-state index in [2.05, 4.69) is 10.6 Å². The smallest absolute Gasteiger partial charge is 0.308 e. The van der Waals surface area contributed by atoms with Crippen LogP contribution in [0.5, 0.6) is 0 Å². The standard InChI is InChI=1S/C26H29ClFN3O3/c1-16(26(33)34-3)5-4-6-24(32)30-12-11-19-20-9-7-17(2)29-25(20)31(23(19)15-30)14-18-8-10-22(28)21(27)13-18/h7-10,13,16H,4-6,11-12,14-15H2,1-3H3. The monoisotopic (exact) mass is 485 g/mol. The molecule has 0 N–H and O–H groups in total. The van der Waals surface area contributed by atoms with Gasteiger partial charge >= 0.3 is 5.97 Å². The largest absolute Gasteiger partial charge is 0.469 e. The highest BCUT2D eigenvalue weighted by Gasteiger charge is 2.27. The summed E-state index contributed by atoms with van der Waals surface area (Å²) in [4.78, 5) is 31.3. The van der Waals surface area contributed by atoms with Crippen molar-refractivity contribution in [1.82, 2.24) is 14.5 Å². The molecule has 1 aliphatic heterocycles. The second kappa shape index (κ2) is 10.1. The molecule has 2 aromatic heterocycles. The first-order valence-corrected chi connectivity index (χ1v) is 11.9. The zero-order valence-electron chi connectivity index (χ0n) is 19.7. The second-order valence-electron chi connectivity index (χ2n) is 8.97. The van der Waals surface area contributed by atoms with E-state index in [9.17, 15) is 14.0 Å². The van der Waals surface area contributed by atoms with Gasteiger partial charge in [-0.05, 0) is 61.6 Å². The van der Waals surface area contributed by atoms with E-state index in [4.69, 9.17) is 21.3 Å². The number of halogens is 2. The minimum atomic E-state index is -0.447. The van der Waals surface area contributed by atoms with Crippen LogP contribution in [-0.4, -0.2) is 40.0 Å². The van der Waals surface area contributed by atoms with Crippen molar-refractivity contribution in [3.63, 3.8) is 0 Å². The fourth-order valence-corrected chi connectivity index (χ4v) is 4.84. The molecular formula is C26H29ClFN3O3. The molecule has 1 amide bonds. The zero-order valence-corrected chi connectivity index (χ0v) is 20.5. The minimum absolute atomic E-state index is 0.0773. The Labute approximate surface area is 203 Å². The number of ether oxygens (including phenoxy) is 1. The highest BCUT2D eigenvalue weighted by molar-refractivity contribution is 6.30. The first kappa shape index (κ1) is 24.2. The molecule has 1 atom stereocenters. The highest BCUT2D eigenvalue weighted by Crippen LogP contribution is 2.32. The van der Waals surface area contributed by atoms with Crippen LogP contribution >= 0.6 is 11.6 Å². The van der Waals surface area contributed by atoms with Gasteiger partial charge in [0.1, 0.15) is 11.5 Å². The molecule has 1 unspecified atom stereocenters. The van der Waals surface area contributed by atoms with Crippen molar-refractivity contribution in [3.05, 3.63) is 63.7 Å². The number of hydrogen-bond acceptors (Lipinski definition) is 4. The molecule has 8 heteroatoms. The summed E-state index contributed by atoms with van der Waals surface area (Å²) in [6.45, 7) is 5.40. The summed E-state index contributed by atoms with van der Waals surface area (Å²) >= 11 is 6.02. The van der Waals surface area contributed by atoms with E-state index in [0.29, 0.717) is 38.9 Å². The summed E-state index contributed by atoms with van der Waals surface area (Å²) in [6.07, 6.45) is 2.39. The Morgan fingerprint density at radius 2 is 2.06 bits per heavy atom. The van der Waals surface area contributed by atoms with Crippen molar-refractivity contribution in [2.45, 2.75) is 52.6 Å². The lowest BCUT2D eigenvalue weighted by Crippen LogP contribution is -2.36. The second-order valence-corrected chi connectivity index (χ2v) is 9.37. The third-order valence-corrected chi connectivity index (χ3v) is 6.84. The number of carbonyl (C=O) groups excluding carboxylic acids is 2. The van der Waals surface area contributed by atoms with Gasteiger partial charge < -0.3 is 14.2 Å². The van der Waals surface area contributed by atoms with Crippen LogP contribution in [0.15, 0.2) is 30.3 Å². The molecule has 3 aromatic rings. The van der Waals surface area contributed by atoms with E-state index in [1.165, 1.54) is 18.7 Å². The van der Waals surface area contributed by atoms with Gasteiger partial charge in [0.25, 0.3) is 0 Å². The molecule has 1 aliphatic rings. The number of carbonyl (C=O) groups is 2. The van der Waals surface area contributed by atoms with E-state index in [0.717, 1.165) is 34.4 Å². The number of aromatic nitrogens is 2. The third kappa shape index (κ3) is 4.94. The van der Waals surface area contributed by atoms with Crippen LogP contribution in [0.4, 0.5) is 4.39 Å². The molecule has 0 saturated carbocycles. The quantitative estimate of drug-likeness (QED) is 0.439. The molecular weight excluding hydrogens is 457 g/mol. The number of methoxy groups -OCH3 is 1. The van der Waals surface area contributed by atoms with Gasteiger partial charge in [-0.25, -0.2) is 9.37 Å². The van der Waals surface area contributed by atoms with Crippen LogP contribution in [0.3, 0.4) is 0 Å². The molecule has 6 nitrogen and oxygen atoms in total. The minimum Gasteiger partial charge on any atom is -0.469 e. The molecule has 1 aromatic carbocycles. The number of benzene rings is 1. The summed E-state index contributed by atoms with van der Waals surface area (Å²) < 4.78 is 20.6. The van der Waals surface area contributed by atoms with E-state index in [1.807, 2.05) is 24.8 Å². The van der Waals surface area contributed by atoms with Gasteiger partial charge in [0.2, 0.25) is 5.91 Å². The van der Waals surface area contributed by atoms with Crippen LogP contribution < -0.4 is 0 Å². The first-order chi connectivity index (χ1) is 16.3. The van der Waals surface area contributed by atoms with Crippen LogP contribution in [0.2, 0.25) is 5.02 Å². The van der Waals surface area contributed by atoms with E-state index in [-0.39, 0.29) is 22.8 Å². The summed E-state index contributed by atoms with van der Waals surface area (Å²) in [5.74, 6) is -0.834. The van der Waals surface area contributed by atoms with Crippen molar-refractivity contribution < 1.29 is 18.7 Å². The lowest BCUT2D eigenvalue weighted by Gasteiger charge is -2.29. The van der Waals surface area contributed by atoms with Crippen molar-refractivity contribution >= 4 is 34.5 Å². The fourth-order valence-electron chi connectivity index (χ4n) is 4.64. The Hall–Kier alpha value is -2.93. The van der Waals surface area contributed by atoms with Crippen LogP contribution in [-0.2, 0) is 33.8 Å². The van der Waals surface area contributed by atoms with Crippen LogP contribution in [0.1, 0.15) is 48.7 Å². The Morgan fingerprint density at radius 3 is 2.79 bits per heavy atom. The number of pyridine rings is 1. The van der Waals surface area contributed by atoms with Crippen molar-refractivity contribution in [2.75, 3.05) is 13.7 Å². The van der Waals surface area contributed by atoms with Gasteiger partial charge in [0.15, 0.2) is 0 Å². The Kier molecular flexibility index (Phi) is 7.22. The van der Waals surface area contributed by atoms with E-state index in [1.54, 1.807) is 12.1 Å². The maximum atomic E-state index is 13.7. The maximum Gasteiger partial charge on any atom is 0.308 e. The topological polar surface area (TPSA) is 64.4 Å². The Bertz CT molecular complexity index is 1240. The number of aryl methyl sites for hydroxylation is 1. The van der Waals surface area contributed by atoms with Gasteiger partial charge in [-0.2, -0.15) is 0 Å².